The average Bonchev–Trinajstić information content (AvgIpc) is 3.40. The number of β-amino-alcohol motifs (C(OH)–C–C–N with tert-alkyl or cyclic N) is 1. The second-order valence-electron chi connectivity index (χ2n) is 6.29. The summed E-state index contributed by atoms with van der Waals surface area (Å²) in [7, 11) is -1.96. The van der Waals surface area contributed by atoms with Crippen molar-refractivity contribution in [1.29, 1.82) is 0 Å². The summed E-state index contributed by atoms with van der Waals surface area (Å²) in [6.45, 7) is 2.88. The zero-order valence-electron chi connectivity index (χ0n) is 13.4. The number of hydrogen-bond acceptors (Lipinski definition) is 5. The van der Waals surface area contributed by atoms with Crippen LogP contribution in [0.3, 0.4) is 0 Å². The second-order valence-corrected chi connectivity index (χ2v) is 8.23. The fourth-order valence-corrected chi connectivity index (χ4v) is 4.42. The lowest BCUT2D eigenvalue weighted by Crippen LogP contribution is -2.50. The molecule has 1 aromatic rings. The van der Waals surface area contributed by atoms with Crippen LogP contribution in [0.4, 0.5) is 0 Å². The van der Waals surface area contributed by atoms with Gasteiger partial charge in [-0.15, -0.1) is 0 Å². The maximum Gasteiger partial charge on any atom is 0.243 e. The zero-order valence-corrected chi connectivity index (χ0v) is 14.2. The highest BCUT2D eigenvalue weighted by Gasteiger charge is 2.33. The van der Waals surface area contributed by atoms with Crippen LogP contribution in [0.5, 0.6) is 5.75 Å². The third-order valence-corrected chi connectivity index (χ3v) is 6.52. The minimum absolute atomic E-state index is 0.267. The molecule has 6 nitrogen and oxygen atoms in total. The van der Waals surface area contributed by atoms with Crippen LogP contribution in [0.15, 0.2) is 29.2 Å². The number of hydrogen-bond donors (Lipinski definition) is 1. The molecule has 0 amide bonds. The van der Waals surface area contributed by atoms with Crippen LogP contribution >= 0.6 is 0 Å². The lowest BCUT2D eigenvalue weighted by molar-refractivity contribution is 0.0782. The van der Waals surface area contributed by atoms with Crippen molar-refractivity contribution < 1.29 is 18.3 Å². The van der Waals surface area contributed by atoms with Gasteiger partial charge in [-0.2, -0.15) is 4.31 Å². The van der Waals surface area contributed by atoms with Crippen LogP contribution in [-0.4, -0.2) is 68.7 Å². The topological polar surface area (TPSA) is 70.1 Å². The number of piperazine rings is 1. The first-order chi connectivity index (χ1) is 11.0. The number of ether oxygens (including phenoxy) is 1. The SMILES string of the molecule is COc1cccc(S(=O)(=O)N2CCN(CC(O)C3CC3)CC2)c1. The van der Waals surface area contributed by atoms with E-state index >= 15 is 0 Å². The van der Waals surface area contributed by atoms with Gasteiger partial charge < -0.3 is 9.84 Å². The van der Waals surface area contributed by atoms with E-state index in [0.717, 1.165) is 12.8 Å². The van der Waals surface area contributed by atoms with E-state index in [1.165, 1.54) is 11.4 Å². The number of methoxy groups -OCH3 is 1. The van der Waals surface area contributed by atoms with Gasteiger partial charge in [-0.25, -0.2) is 8.42 Å². The van der Waals surface area contributed by atoms with Crippen molar-refractivity contribution in [2.24, 2.45) is 5.92 Å². The van der Waals surface area contributed by atoms with E-state index in [-0.39, 0.29) is 11.0 Å². The Labute approximate surface area is 137 Å². The van der Waals surface area contributed by atoms with Gasteiger partial charge in [0.2, 0.25) is 10.0 Å². The summed E-state index contributed by atoms with van der Waals surface area (Å²) < 4.78 is 32.0. The monoisotopic (exact) mass is 340 g/mol. The fraction of sp³-hybridized carbons (Fsp3) is 0.625. The summed E-state index contributed by atoms with van der Waals surface area (Å²) in [6.07, 6.45) is 1.97. The third-order valence-electron chi connectivity index (χ3n) is 4.62. The molecule has 1 N–H and O–H groups in total. The summed E-state index contributed by atoms with van der Waals surface area (Å²) in [4.78, 5) is 2.42. The summed E-state index contributed by atoms with van der Waals surface area (Å²) in [6, 6.07) is 6.57. The van der Waals surface area contributed by atoms with E-state index in [2.05, 4.69) is 4.90 Å². The molecule has 2 fully saturated rings. The molecule has 1 aromatic carbocycles. The first-order valence-corrected chi connectivity index (χ1v) is 9.49. The van der Waals surface area contributed by atoms with Gasteiger partial charge in [0, 0.05) is 38.8 Å². The van der Waals surface area contributed by atoms with Gasteiger partial charge in [0.15, 0.2) is 0 Å². The number of aliphatic hydroxyl groups excluding tert-OH is 1. The standard InChI is InChI=1S/C16H24N2O4S/c1-22-14-3-2-4-15(11-14)23(20,21)18-9-7-17(8-10-18)12-16(19)13-5-6-13/h2-4,11,13,16,19H,5-10,12H2,1H3. The van der Waals surface area contributed by atoms with Crippen molar-refractivity contribution in [2.75, 3.05) is 39.8 Å². The Morgan fingerprint density at radius 3 is 2.57 bits per heavy atom. The van der Waals surface area contributed by atoms with Gasteiger partial charge in [-0.1, -0.05) is 6.07 Å². The quantitative estimate of drug-likeness (QED) is 0.828. The second kappa shape index (κ2) is 6.76. The first-order valence-electron chi connectivity index (χ1n) is 8.05. The Bertz CT molecular complexity index is 637. The molecule has 3 rings (SSSR count). The first kappa shape index (κ1) is 16.7. The highest BCUT2D eigenvalue weighted by molar-refractivity contribution is 7.89. The molecule has 128 valence electrons. The van der Waals surface area contributed by atoms with Gasteiger partial charge >= 0.3 is 0 Å². The number of benzene rings is 1. The predicted octanol–water partition coefficient (Wildman–Crippen LogP) is 0.772. The Morgan fingerprint density at radius 1 is 1.26 bits per heavy atom. The van der Waals surface area contributed by atoms with Crippen molar-refractivity contribution in [3.05, 3.63) is 24.3 Å². The van der Waals surface area contributed by atoms with Gasteiger partial charge in [0.1, 0.15) is 5.75 Å². The van der Waals surface area contributed by atoms with Crippen molar-refractivity contribution in [3.63, 3.8) is 0 Å². The van der Waals surface area contributed by atoms with E-state index < -0.39 is 10.0 Å². The number of nitrogens with zero attached hydrogens (tertiary/aromatic N) is 2. The molecule has 1 saturated carbocycles. The average molecular weight is 340 g/mol. The Hall–Kier alpha value is -1.15. The Balaban J connectivity index is 1.61. The van der Waals surface area contributed by atoms with Crippen molar-refractivity contribution in [3.8, 4) is 5.75 Å². The van der Waals surface area contributed by atoms with Gasteiger partial charge in [0.05, 0.1) is 18.1 Å². The lowest BCUT2D eigenvalue weighted by atomic mass is 10.2. The van der Waals surface area contributed by atoms with Gasteiger partial charge in [-0.05, 0) is 30.9 Å². The zero-order chi connectivity index (χ0) is 16.4. The maximum absolute atomic E-state index is 12.7. The highest BCUT2D eigenvalue weighted by Crippen LogP contribution is 2.33. The summed E-state index contributed by atoms with van der Waals surface area (Å²) in [5, 5.41) is 10.0. The molecule has 0 aromatic heterocycles. The molecule has 0 radical (unpaired) electrons. The fourth-order valence-electron chi connectivity index (χ4n) is 2.96. The maximum atomic E-state index is 12.7. The van der Waals surface area contributed by atoms with Crippen molar-refractivity contribution >= 4 is 10.0 Å². The molecule has 0 spiro atoms. The molecule has 1 aliphatic heterocycles. The Morgan fingerprint density at radius 2 is 1.96 bits per heavy atom. The van der Waals surface area contributed by atoms with E-state index in [9.17, 15) is 13.5 Å². The molecular weight excluding hydrogens is 316 g/mol. The smallest absolute Gasteiger partial charge is 0.243 e. The number of rotatable bonds is 6. The largest absolute Gasteiger partial charge is 0.497 e. The molecule has 0 bridgehead atoms. The molecule has 1 saturated heterocycles. The van der Waals surface area contributed by atoms with Crippen LogP contribution in [0.2, 0.25) is 0 Å². The van der Waals surface area contributed by atoms with Gasteiger partial charge in [0.25, 0.3) is 0 Å². The molecule has 2 aliphatic rings. The van der Waals surface area contributed by atoms with E-state index in [1.54, 1.807) is 24.3 Å². The van der Waals surface area contributed by atoms with Crippen LogP contribution in [-0.2, 0) is 10.0 Å². The Kier molecular flexibility index (Phi) is 4.91. The van der Waals surface area contributed by atoms with Crippen LogP contribution in [0.25, 0.3) is 0 Å². The van der Waals surface area contributed by atoms with Crippen molar-refractivity contribution in [1.82, 2.24) is 9.21 Å². The summed E-state index contributed by atoms with van der Waals surface area (Å²) in [5.41, 5.74) is 0. The van der Waals surface area contributed by atoms with E-state index in [1.807, 2.05) is 0 Å². The normalized spacial score (nSPS) is 22.0. The summed E-state index contributed by atoms with van der Waals surface area (Å²) in [5.74, 6) is 0.991. The third kappa shape index (κ3) is 3.85. The van der Waals surface area contributed by atoms with Gasteiger partial charge in [-0.3, -0.25) is 4.90 Å². The van der Waals surface area contributed by atoms with E-state index in [4.69, 9.17) is 4.74 Å². The highest BCUT2D eigenvalue weighted by atomic mass is 32.2. The summed E-state index contributed by atoms with van der Waals surface area (Å²) >= 11 is 0. The predicted molar refractivity (Wildman–Crippen MR) is 86.9 cm³/mol. The minimum Gasteiger partial charge on any atom is -0.497 e. The molecule has 1 heterocycles. The molecule has 1 unspecified atom stereocenters. The van der Waals surface area contributed by atoms with Crippen molar-refractivity contribution in [2.45, 2.75) is 23.8 Å². The molecule has 23 heavy (non-hydrogen) atoms. The number of aliphatic hydroxyl groups is 1. The lowest BCUT2D eigenvalue weighted by Gasteiger charge is -2.35. The number of sulfonamides is 1. The van der Waals surface area contributed by atoms with Crippen LogP contribution < -0.4 is 4.74 Å². The van der Waals surface area contributed by atoms with Crippen LogP contribution in [0.1, 0.15) is 12.8 Å². The molecule has 1 aliphatic carbocycles. The molecular formula is C16H24N2O4S. The van der Waals surface area contributed by atoms with Crippen LogP contribution in [0, 0.1) is 5.92 Å². The molecule has 7 heteroatoms. The van der Waals surface area contributed by atoms with E-state index in [0.29, 0.717) is 44.4 Å². The molecule has 1 atom stereocenters. The minimum atomic E-state index is -3.49.